The van der Waals surface area contributed by atoms with E-state index in [1.54, 1.807) is 13.4 Å². The molecule has 0 saturated carbocycles. The van der Waals surface area contributed by atoms with Gasteiger partial charge in [-0.15, -0.1) is 0 Å². The van der Waals surface area contributed by atoms with Crippen molar-refractivity contribution < 1.29 is 13.5 Å². The molecular formula is C15H15N3O3S. The van der Waals surface area contributed by atoms with Crippen molar-refractivity contribution in [1.29, 1.82) is 0 Å². The molecule has 114 valence electrons. The summed E-state index contributed by atoms with van der Waals surface area (Å²) < 4.78 is 29.0. The monoisotopic (exact) mass is 317 g/mol. The largest absolute Gasteiger partial charge is 0.497 e. The molecule has 0 saturated heterocycles. The highest BCUT2D eigenvalue weighted by Gasteiger charge is 2.06. The lowest BCUT2D eigenvalue weighted by atomic mass is 10.2. The molecule has 0 fully saturated rings. The van der Waals surface area contributed by atoms with Crippen molar-refractivity contribution in [2.45, 2.75) is 6.54 Å². The van der Waals surface area contributed by atoms with E-state index in [2.05, 4.69) is 9.71 Å². The van der Waals surface area contributed by atoms with Gasteiger partial charge in [0.2, 0.25) is 11.3 Å². The Hall–Kier alpha value is -2.22. The van der Waals surface area contributed by atoms with Crippen LogP contribution in [-0.4, -0.2) is 25.4 Å². The summed E-state index contributed by atoms with van der Waals surface area (Å²) in [4.78, 5) is 4.38. The molecule has 1 aromatic heterocycles. The molecule has 22 heavy (non-hydrogen) atoms. The molecule has 1 atom stereocenters. The van der Waals surface area contributed by atoms with Gasteiger partial charge in [-0.2, -0.15) is 0 Å². The molecule has 0 spiro atoms. The Morgan fingerprint density at radius 3 is 2.73 bits per heavy atom. The highest BCUT2D eigenvalue weighted by molar-refractivity contribution is 7.77. The van der Waals surface area contributed by atoms with Crippen molar-refractivity contribution in [1.82, 2.24) is 14.3 Å². The molecule has 6 nitrogen and oxygen atoms in total. The van der Waals surface area contributed by atoms with Crippen LogP contribution in [0.25, 0.3) is 16.7 Å². The standard InChI is InChI=1S/C15H15N3O3S/c1-21-13-6-7-15-14(8-13)16-10-18(15)12-4-2-11(3-5-12)9-17-22(19)20/h2-8,10,17H,9H2,1H3,(H,19,20). The van der Waals surface area contributed by atoms with Crippen molar-refractivity contribution in [3.63, 3.8) is 0 Å². The molecule has 7 heteroatoms. The third-order valence-corrected chi connectivity index (χ3v) is 3.76. The summed E-state index contributed by atoms with van der Waals surface area (Å²) in [5.41, 5.74) is 3.75. The minimum absolute atomic E-state index is 0.339. The van der Waals surface area contributed by atoms with E-state index < -0.39 is 11.3 Å². The lowest BCUT2D eigenvalue weighted by Crippen LogP contribution is -2.15. The van der Waals surface area contributed by atoms with Gasteiger partial charge >= 0.3 is 0 Å². The zero-order valence-electron chi connectivity index (χ0n) is 11.9. The first kappa shape index (κ1) is 14.7. The number of imidazole rings is 1. The Bertz CT molecular complexity index is 815. The number of rotatable bonds is 5. The van der Waals surface area contributed by atoms with Crippen LogP contribution in [0.3, 0.4) is 0 Å². The summed E-state index contributed by atoms with van der Waals surface area (Å²) in [6.45, 7) is 0.339. The first-order valence-corrected chi connectivity index (χ1v) is 7.73. The number of hydrogen-bond donors (Lipinski definition) is 2. The van der Waals surface area contributed by atoms with Gasteiger partial charge < -0.3 is 4.74 Å². The lowest BCUT2D eigenvalue weighted by molar-refractivity contribution is 0.415. The minimum Gasteiger partial charge on any atom is -0.497 e. The van der Waals surface area contributed by atoms with Crippen LogP contribution >= 0.6 is 0 Å². The third kappa shape index (κ3) is 3.01. The van der Waals surface area contributed by atoms with E-state index in [1.807, 2.05) is 47.0 Å². The van der Waals surface area contributed by atoms with Crippen LogP contribution in [-0.2, 0) is 17.8 Å². The molecule has 2 aromatic carbocycles. The van der Waals surface area contributed by atoms with Gasteiger partial charge in [0.25, 0.3) is 0 Å². The second-order valence-electron chi connectivity index (χ2n) is 4.71. The first-order valence-electron chi connectivity index (χ1n) is 6.62. The molecule has 1 unspecified atom stereocenters. The second kappa shape index (κ2) is 6.27. The fraction of sp³-hybridized carbons (Fsp3) is 0.133. The van der Waals surface area contributed by atoms with E-state index in [9.17, 15) is 4.21 Å². The van der Waals surface area contributed by atoms with Crippen molar-refractivity contribution in [2.24, 2.45) is 0 Å². The van der Waals surface area contributed by atoms with Gasteiger partial charge in [-0.3, -0.25) is 9.12 Å². The van der Waals surface area contributed by atoms with Crippen LogP contribution in [0.1, 0.15) is 5.56 Å². The highest BCUT2D eigenvalue weighted by Crippen LogP contribution is 2.22. The minimum atomic E-state index is -2.00. The molecule has 0 radical (unpaired) electrons. The first-order chi connectivity index (χ1) is 10.7. The maximum atomic E-state index is 10.6. The van der Waals surface area contributed by atoms with Crippen molar-refractivity contribution >= 4 is 22.3 Å². The van der Waals surface area contributed by atoms with Gasteiger partial charge in [0.05, 0.1) is 18.1 Å². The summed E-state index contributed by atoms with van der Waals surface area (Å²) in [7, 11) is 1.63. The van der Waals surface area contributed by atoms with Crippen LogP contribution in [0.5, 0.6) is 5.75 Å². The number of aromatic nitrogens is 2. The number of ether oxygens (including phenoxy) is 1. The molecule has 2 N–H and O–H groups in total. The SMILES string of the molecule is COc1ccc2c(c1)ncn2-c1ccc(CNS(=O)O)cc1. The molecule has 0 aliphatic rings. The summed E-state index contributed by atoms with van der Waals surface area (Å²) in [6.07, 6.45) is 1.76. The van der Waals surface area contributed by atoms with Crippen LogP contribution in [0.2, 0.25) is 0 Å². The van der Waals surface area contributed by atoms with Crippen LogP contribution in [0.4, 0.5) is 0 Å². The normalized spacial score (nSPS) is 12.5. The average Bonchev–Trinajstić information content (AvgIpc) is 2.96. The number of hydrogen-bond acceptors (Lipinski definition) is 3. The van der Waals surface area contributed by atoms with Crippen molar-refractivity contribution in [3.05, 3.63) is 54.4 Å². The Morgan fingerprint density at radius 2 is 2.05 bits per heavy atom. The Morgan fingerprint density at radius 1 is 1.27 bits per heavy atom. The van der Waals surface area contributed by atoms with E-state index in [-0.39, 0.29) is 0 Å². The molecule has 0 aliphatic carbocycles. The van der Waals surface area contributed by atoms with E-state index in [0.717, 1.165) is 28.0 Å². The fourth-order valence-electron chi connectivity index (χ4n) is 2.24. The Labute approximate surface area is 130 Å². The van der Waals surface area contributed by atoms with E-state index in [4.69, 9.17) is 9.29 Å². The molecule has 3 rings (SSSR count). The number of methoxy groups -OCH3 is 1. The Kier molecular flexibility index (Phi) is 4.19. The highest BCUT2D eigenvalue weighted by atomic mass is 32.2. The van der Waals surface area contributed by atoms with E-state index in [0.29, 0.717) is 6.54 Å². The van der Waals surface area contributed by atoms with Gasteiger partial charge in [-0.05, 0) is 29.8 Å². The molecule has 1 heterocycles. The average molecular weight is 317 g/mol. The van der Waals surface area contributed by atoms with Crippen molar-refractivity contribution in [3.8, 4) is 11.4 Å². The Balaban J connectivity index is 1.89. The molecule has 0 amide bonds. The predicted octanol–water partition coefficient (Wildman–Crippen LogP) is 2.26. The fourth-order valence-corrected chi connectivity index (χ4v) is 2.53. The number of nitrogens with zero attached hydrogens (tertiary/aromatic N) is 2. The number of nitrogens with one attached hydrogen (secondary N) is 1. The number of fused-ring (bicyclic) bond motifs is 1. The second-order valence-corrected chi connectivity index (χ2v) is 5.49. The third-order valence-electron chi connectivity index (χ3n) is 3.37. The molecule has 0 bridgehead atoms. The summed E-state index contributed by atoms with van der Waals surface area (Å²) in [5.74, 6) is 0.774. The predicted molar refractivity (Wildman–Crippen MR) is 85.2 cm³/mol. The van der Waals surface area contributed by atoms with Gasteiger partial charge in [0, 0.05) is 18.3 Å². The van der Waals surface area contributed by atoms with Crippen LogP contribution in [0, 0.1) is 0 Å². The van der Waals surface area contributed by atoms with Crippen LogP contribution in [0.15, 0.2) is 48.8 Å². The summed E-state index contributed by atoms with van der Waals surface area (Å²) in [6, 6.07) is 13.5. The van der Waals surface area contributed by atoms with Gasteiger partial charge in [-0.1, -0.05) is 12.1 Å². The lowest BCUT2D eigenvalue weighted by Gasteiger charge is -2.07. The molecule has 0 aliphatic heterocycles. The van der Waals surface area contributed by atoms with Gasteiger partial charge in [0.1, 0.15) is 12.1 Å². The molecule has 3 aromatic rings. The zero-order chi connectivity index (χ0) is 15.5. The topological polar surface area (TPSA) is 76.4 Å². The quantitative estimate of drug-likeness (QED) is 0.708. The smallest absolute Gasteiger partial charge is 0.232 e. The van der Waals surface area contributed by atoms with E-state index in [1.165, 1.54) is 0 Å². The molecular weight excluding hydrogens is 302 g/mol. The van der Waals surface area contributed by atoms with Gasteiger partial charge in [0.15, 0.2) is 0 Å². The summed E-state index contributed by atoms with van der Waals surface area (Å²) >= 11 is -2.00. The van der Waals surface area contributed by atoms with Crippen molar-refractivity contribution in [2.75, 3.05) is 7.11 Å². The maximum Gasteiger partial charge on any atom is 0.232 e. The number of benzene rings is 2. The van der Waals surface area contributed by atoms with Gasteiger partial charge in [-0.25, -0.2) is 13.9 Å². The zero-order valence-corrected chi connectivity index (χ0v) is 12.7. The maximum absolute atomic E-state index is 10.6. The van der Waals surface area contributed by atoms with Crippen LogP contribution < -0.4 is 9.46 Å². The van der Waals surface area contributed by atoms with E-state index >= 15 is 0 Å². The summed E-state index contributed by atoms with van der Waals surface area (Å²) in [5, 5.41) is 0.